The second-order valence-corrected chi connectivity index (χ2v) is 10.9. The van der Waals surface area contributed by atoms with Gasteiger partial charge in [-0.15, -0.1) is 0 Å². The molecule has 1 amide bonds. The third-order valence-corrected chi connectivity index (χ3v) is 7.38. The zero-order valence-corrected chi connectivity index (χ0v) is 21.1. The molecule has 2 aliphatic rings. The van der Waals surface area contributed by atoms with Crippen LogP contribution >= 0.6 is 0 Å². The quantitative estimate of drug-likeness (QED) is 0.650. The number of aromatic nitrogens is 1. The maximum Gasteiger partial charge on any atom is 0.225 e. The monoisotopic (exact) mass is 465 g/mol. The molecule has 1 aromatic carbocycles. The van der Waals surface area contributed by atoms with Gasteiger partial charge in [0.15, 0.2) is 0 Å². The number of fused-ring (bicyclic) bond motifs is 1. The maximum atomic E-state index is 12.6. The molecular weight excluding hydrogens is 426 g/mol. The molecule has 1 aliphatic carbocycles. The summed E-state index contributed by atoms with van der Waals surface area (Å²) in [6.07, 6.45) is 7.07. The van der Waals surface area contributed by atoms with Crippen molar-refractivity contribution in [1.29, 1.82) is 0 Å². The standard InChI is InChI=1S/C28H39N3O3/c1-27(2,3)26(32)30-19-28(33,25-12-5-6-13-29-25)23-11-8-14-31(18-23)17-22-15-20-9-7-10-21(20)16-24(22)34-4/h5-6,12-13,15-16,23,33H,7-11,14,17-19H2,1-4H3,(H,30,32). The minimum Gasteiger partial charge on any atom is -0.496 e. The van der Waals surface area contributed by atoms with E-state index < -0.39 is 11.0 Å². The predicted molar refractivity (Wildman–Crippen MR) is 134 cm³/mol. The van der Waals surface area contributed by atoms with E-state index in [1.807, 2.05) is 39.0 Å². The lowest BCUT2D eigenvalue weighted by molar-refractivity contribution is -0.131. The predicted octanol–water partition coefficient (Wildman–Crippen LogP) is 3.84. The molecule has 1 aliphatic heterocycles. The van der Waals surface area contributed by atoms with Crippen LogP contribution in [0.3, 0.4) is 0 Å². The number of carbonyl (C=O) groups excluding carboxylic acids is 1. The number of hydrogen-bond acceptors (Lipinski definition) is 5. The number of aliphatic hydroxyl groups is 1. The minimum atomic E-state index is -1.23. The van der Waals surface area contributed by atoms with E-state index >= 15 is 0 Å². The van der Waals surface area contributed by atoms with Gasteiger partial charge in [0, 0.05) is 36.2 Å². The molecule has 4 rings (SSSR count). The third-order valence-electron chi connectivity index (χ3n) is 7.38. The lowest BCUT2D eigenvalue weighted by atomic mass is 9.78. The molecule has 1 saturated heterocycles. The second-order valence-electron chi connectivity index (χ2n) is 10.9. The third kappa shape index (κ3) is 5.28. The van der Waals surface area contributed by atoms with E-state index in [-0.39, 0.29) is 18.4 Å². The van der Waals surface area contributed by atoms with Crippen molar-refractivity contribution in [3.8, 4) is 5.75 Å². The topological polar surface area (TPSA) is 74.7 Å². The van der Waals surface area contributed by atoms with Gasteiger partial charge in [-0.25, -0.2) is 0 Å². The zero-order valence-electron chi connectivity index (χ0n) is 21.1. The molecular formula is C28H39N3O3. The van der Waals surface area contributed by atoms with Crippen LogP contribution in [0.25, 0.3) is 0 Å². The number of ether oxygens (including phenoxy) is 1. The number of nitrogens with zero attached hydrogens (tertiary/aromatic N) is 2. The summed E-state index contributed by atoms with van der Waals surface area (Å²) in [6.45, 7) is 8.31. The zero-order chi connectivity index (χ0) is 24.3. The first-order valence-electron chi connectivity index (χ1n) is 12.5. The van der Waals surface area contributed by atoms with Crippen LogP contribution in [0, 0.1) is 11.3 Å². The molecule has 6 heteroatoms. The maximum absolute atomic E-state index is 12.6. The van der Waals surface area contributed by atoms with Crippen LogP contribution in [0.4, 0.5) is 0 Å². The summed E-state index contributed by atoms with van der Waals surface area (Å²) in [5, 5.41) is 15.0. The number of piperidine rings is 1. The minimum absolute atomic E-state index is 0.0446. The van der Waals surface area contributed by atoms with Crippen LogP contribution in [-0.2, 0) is 29.8 Å². The van der Waals surface area contributed by atoms with Crippen molar-refractivity contribution < 1.29 is 14.6 Å². The fourth-order valence-electron chi connectivity index (χ4n) is 5.34. The summed E-state index contributed by atoms with van der Waals surface area (Å²) < 4.78 is 5.74. The van der Waals surface area contributed by atoms with Crippen LogP contribution < -0.4 is 10.1 Å². The Labute approximate surface area is 203 Å². The largest absolute Gasteiger partial charge is 0.496 e. The van der Waals surface area contributed by atoms with Crippen LogP contribution in [0.2, 0.25) is 0 Å². The Bertz CT molecular complexity index is 1000. The van der Waals surface area contributed by atoms with E-state index in [0.29, 0.717) is 5.69 Å². The SMILES string of the molecule is COc1cc2c(cc1CN1CCCC(C(O)(CNC(=O)C(C)(C)C)c3ccccn3)C1)CCC2. The summed E-state index contributed by atoms with van der Waals surface area (Å²) in [4.78, 5) is 19.5. The van der Waals surface area contributed by atoms with Gasteiger partial charge >= 0.3 is 0 Å². The van der Waals surface area contributed by atoms with Crippen LogP contribution in [0.15, 0.2) is 36.5 Å². The van der Waals surface area contributed by atoms with Crippen molar-refractivity contribution in [2.24, 2.45) is 11.3 Å². The number of rotatable bonds is 7. The molecule has 2 heterocycles. The second kappa shape index (κ2) is 10.0. The number of carbonyl (C=O) groups is 1. The first-order chi connectivity index (χ1) is 16.2. The smallest absolute Gasteiger partial charge is 0.225 e. The Balaban J connectivity index is 1.54. The number of nitrogens with one attached hydrogen (secondary N) is 1. The molecule has 0 spiro atoms. The van der Waals surface area contributed by atoms with Crippen molar-refractivity contribution in [2.45, 2.75) is 65.0 Å². The molecule has 2 unspecified atom stereocenters. The van der Waals surface area contributed by atoms with Gasteiger partial charge in [0.05, 0.1) is 19.3 Å². The van der Waals surface area contributed by atoms with Gasteiger partial charge in [0.25, 0.3) is 0 Å². The number of benzene rings is 1. The average molecular weight is 466 g/mol. The summed E-state index contributed by atoms with van der Waals surface area (Å²) in [6, 6.07) is 10.1. The summed E-state index contributed by atoms with van der Waals surface area (Å²) in [5.74, 6) is 0.842. The summed E-state index contributed by atoms with van der Waals surface area (Å²) >= 11 is 0. The van der Waals surface area contributed by atoms with Crippen molar-refractivity contribution in [3.63, 3.8) is 0 Å². The lowest BCUT2D eigenvalue weighted by Crippen LogP contribution is -2.53. The Morgan fingerprint density at radius 3 is 2.65 bits per heavy atom. The molecule has 1 aromatic heterocycles. The van der Waals surface area contributed by atoms with Crippen molar-refractivity contribution >= 4 is 5.91 Å². The van der Waals surface area contributed by atoms with Gasteiger partial charge in [-0.05, 0) is 68.0 Å². The van der Waals surface area contributed by atoms with Crippen molar-refractivity contribution in [3.05, 3.63) is 58.9 Å². The van der Waals surface area contributed by atoms with Gasteiger partial charge < -0.3 is 15.2 Å². The Kier molecular flexibility index (Phi) is 7.29. The first-order valence-corrected chi connectivity index (χ1v) is 12.5. The number of likely N-dealkylation sites (tertiary alicyclic amines) is 1. The molecule has 6 nitrogen and oxygen atoms in total. The van der Waals surface area contributed by atoms with E-state index in [4.69, 9.17) is 4.74 Å². The molecule has 2 atom stereocenters. The highest BCUT2D eigenvalue weighted by molar-refractivity contribution is 5.81. The molecule has 0 radical (unpaired) electrons. The fourth-order valence-corrected chi connectivity index (χ4v) is 5.34. The highest BCUT2D eigenvalue weighted by Gasteiger charge is 2.42. The van der Waals surface area contributed by atoms with E-state index in [0.717, 1.165) is 51.1 Å². The van der Waals surface area contributed by atoms with Gasteiger partial charge in [0.2, 0.25) is 5.91 Å². The van der Waals surface area contributed by atoms with Gasteiger partial charge in [-0.2, -0.15) is 0 Å². The lowest BCUT2D eigenvalue weighted by Gasteiger charge is -2.42. The van der Waals surface area contributed by atoms with Crippen LogP contribution in [0.1, 0.15) is 62.4 Å². The first kappa shape index (κ1) is 24.7. The number of hydrogen-bond donors (Lipinski definition) is 2. The number of aryl methyl sites for hydroxylation is 2. The highest BCUT2D eigenvalue weighted by atomic mass is 16.5. The Morgan fingerprint density at radius 1 is 1.21 bits per heavy atom. The van der Waals surface area contributed by atoms with E-state index in [1.54, 1.807) is 13.3 Å². The van der Waals surface area contributed by atoms with Gasteiger partial charge in [-0.1, -0.05) is 32.9 Å². The van der Waals surface area contributed by atoms with E-state index in [9.17, 15) is 9.90 Å². The molecule has 34 heavy (non-hydrogen) atoms. The summed E-state index contributed by atoms with van der Waals surface area (Å²) in [5.41, 5.74) is 2.93. The Morgan fingerprint density at radius 2 is 1.97 bits per heavy atom. The molecule has 184 valence electrons. The van der Waals surface area contributed by atoms with Gasteiger partial charge in [-0.3, -0.25) is 14.7 Å². The van der Waals surface area contributed by atoms with Gasteiger partial charge in [0.1, 0.15) is 11.4 Å². The molecule has 2 N–H and O–H groups in total. The molecule has 1 fully saturated rings. The van der Waals surface area contributed by atoms with Crippen molar-refractivity contribution in [2.75, 3.05) is 26.7 Å². The normalized spacial score (nSPS) is 20.4. The van der Waals surface area contributed by atoms with Crippen LogP contribution in [-0.4, -0.2) is 47.6 Å². The van der Waals surface area contributed by atoms with Crippen molar-refractivity contribution in [1.82, 2.24) is 15.2 Å². The highest BCUT2D eigenvalue weighted by Crippen LogP contribution is 2.36. The van der Waals surface area contributed by atoms with E-state index in [1.165, 1.54) is 23.1 Å². The molecule has 2 aromatic rings. The summed E-state index contributed by atoms with van der Waals surface area (Å²) in [7, 11) is 1.75. The Hall–Kier alpha value is -2.44. The number of pyridine rings is 1. The van der Waals surface area contributed by atoms with Crippen LogP contribution in [0.5, 0.6) is 5.75 Å². The van der Waals surface area contributed by atoms with E-state index in [2.05, 4.69) is 27.3 Å². The molecule has 0 bridgehead atoms. The average Bonchev–Trinajstić information content (AvgIpc) is 3.29. The number of amides is 1. The fraction of sp³-hybridized carbons (Fsp3) is 0.571. The number of methoxy groups -OCH3 is 1. The molecule has 0 saturated carbocycles.